The first-order valence-electron chi connectivity index (χ1n) is 10.5. The van der Waals surface area contributed by atoms with Crippen molar-refractivity contribution in [1.29, 1.82) is 0 Å². The van der Waals surface area contributed by atoms with Gasteiger partial charge < -0.3 is 19.1 Å². The van der Waals surface area contributed by atoms with Crippen LogP contribution in [0.1, 0.15) is 12.8 Å². The molecule has 32 heavy (non-hydrogen) atoms. The van der Waals surface area contributed by atoms with Crippen LogP contribution in [0, 0.1) is 5.82 Å². The second-order valence-electron chi connectivity index (χ2n) is 7.50. The number of benzene rings is 2. The number of rotatable bonds is 7. The van der Waals surface area contributed by atoms with E-state index in [4.69, 9.17) is 14.2 Å². The number of hydrogen-bond donors (Lipinski definition) is 0. The van der Waals surface area contributed by atoms with E-state index in [2.05, 4.69) is 0 Å². The third-order valence-electron chi connectivity index (χ3n) is 5.34. The van der Waals surface area contributed by atoms with Crippen LogP contribution in [0.15, 0.2) is 47.4 Å². The molecule has 1 fully saturated rings. The van der Waals surface area contributed by atoms with Gasteiger partial charge in [0.2, 0.25) is 15.9 Å². The van der Waals surface area contributed by atoms with Gasteiger partial charge >= 0.3 is 0 Å². The Morgan fingerprint density at radius 2 is 1.75 bits per heavy atom. The second-order valence-corrected chi connectivity index (χ2v) is 9.44. The lowest BCUT2D eigenvalue weighted by Gasteiger charge is -2.34. The summed E-state index contributed by atoms with van der Waals surface area (Å²) in [6, 6.07) is 10.5. The number of hydrogen-bond acceptors (Lipinski definition) is 6. The Morgan fingerprint density at radius 3 is 2.50 bits per heavy atom. The molecular weight excluding hydrogens is 439 g/mol. The minimum absolute atomic E-state index is 0.0516. The molecule has 8 nitrogen and oxygen atoms in total. The van der Waals surface area contributed by atoms with Crippen molar-refractivity contribution < 1.29 is 31.8 Å². The third kappa shape index (κ3) is 5.13. The maximum Gasteiger partial charge on any atom is 0.243 e. The smallest absolute Gasteiger partial charge is 0.243 e. The van der Waals surface area contributed by atoms with Crippen LogP contribution in [-0.4, -0.2) is 69.5 Å². The quantitative estimate of drug-likeness (QED) is 0.585. The highest BCUT2D eigenvalue weighted by Gasteiger charge is 2.31. The number of ether oxygens (including phenoxy) is 3. The molecule has 2 heterocycles. The zero-order valence-electron chi connectivity index (χ0n) is 17.5. The first-order valence-corrected chi connectivity index (χ1v) is 11.9. The van der Waals surface area contributed by atoms with Gasteiger partial charge in [0, 0.05) is 44.7 Å². The summed E-state index contributed by atoms with van der Waals surface area (Å²) in [5.74, 6) is 0.959. The molecule has 0 aliphatic carbocycles. The molecule has 2 aromatic carbocycles. The molecule has 0 radical (unpaired) electrons. The summed E-state index contributed by atoms with van der Waals surface area (Å²) in [4.78, 5) is 14.3. The van der Waals surface area contributed by atoms with E-state index in [9.17, 15) is 17.6 Å². The molecule has 2 aliphatic heterocycles. The standard InChI is InChI=1S/C22H25FN2O6S/c23-17-3-1-4-18(15-17)29-12-2-5-22(26)24-8-10-25(11-9-24)32(27,28)19-6-7-20-21(16-19)31-14-13-30-20/h1,3-4,6-7,15-16H,2,5,8-14H2. The number of halogens is 1. The number of amides is 1. The van der Waals surface area contributed by atoms with Crippen LogP contribution in [0.3, 0.4) is 0 Å². The van der Waals surface area contributed by atoms with Crippen molar-refractivity contribution in [3.8, 4) is 17.2 Å². The maximum atomic E-state index is 13.1. The van der Waals surface area contributed by atoms with E-state index in [0.717, 1.165) is 0 Å². The lowest BCUT2D eigenvalue weighted by Crippen LogP contribution is -2.50. The minimum atomic E-state index is -3.69. The number of nitrogens with zero attached hydrogens (tertiary/aromatic N) is 2. The van der Waals surface area contributed by atoms with Crippen LogP contribution >= 0.6 is 0 Å². The Balaban J connectivity index is 1.25. The zero-order valence-corrected chi connectivity index (χ0v) is 18.4. The highest BCUT2D eigenvalue weighted by atomic mass is 32.2. The summed E-state index contributed by atoms with van der Waals surface area (Å²) in [5, 5.41) is 0. The van der Waals surface area contributed by atoms with Gasteiger partial charge in [-0.05, 0) is 30.7 Å². The molecule has 0 saturated carbocycles. The van der Waals surface area contributed by atoms with Gasteiger partial charge in [0.15, 0.2) is 11.5 Å². The van der Waals surface area contributed by atoms with Crippen LogP contribution in [0.2, 0.25) is 0 Å². The minimum Gasteiger partial charge on any atom is -0.493 e. The van der Waals surface area contributed by atoms with Crippen LogP contribution in [0.4, 0.5) is 4.39 Å². The summed E-state index contributed by atoms with van der Waals surface area (Å²) < 4.78 is 56.9. The normalized spacial score (nSPS) is 16.6. The molecule has 1 saturated heterocycles. The van der Waals surface area contributed by atoms with Crippen LogP contribution in [0.5, 0.6) is 17.2 Å². The van der Waals surface area contributed by atoms with Gasteiger partial charge in [-0.15, -0.1) is 0 Å². The Labute approximate surface area is 186 Å². The molecule has 4 rings (SSSR count). The van der Waals surface area contributed by atoms with Gasteiger partial charge in [-0.25, -0.2) is 12.8 Å². The highest BCUT2D eigenvalue weighted by Crippen LogP contribution is 2.33. The molecule has 172 valence electrons. The van der Waals surface area contributed by atoms with E-state index < -0.39 is 10.0 Å². The molecule has 0 atom stereocenters. The van der Waals surface area contributed by atoms with Gasteiger partial charge in [0.1, 0.15) is 24.8 Å². The van der Waals surface area contributed by atoms with Gasteiger partial charge in [-0.1, -0.05) is 6.07 Å². The molecule has 2 aromatic rings. The van der Waals surface area contributed by atoms with Crippen molar-refractivity contribution in [2.24, 2.45) is 0 Å². The van der Waals surface area contributed by atoms with Crippen molar-refractivity contribution >= 4 is 15.9 Å². The first-order chi connectivity index (χ1) is 15.4. The summed E-state index contributed by atoms with van der Waals surface area (Å²) in [6.45, 7) is 2.22. The SMILES string of the molecule is O=C(CCCOc1cccc(F)c1)N1CCN(S(=O)(=O)c2ccc3c(c2)OCCO3)CC1. The number of piperazine rings is 1. The average molecular weight is 465 g/mol. The van der Waals surface area contributed by atoms with E-state index in [1.165, 1.54) is 28.6 Å². The molecule has 0 unspecified atom stereocenters. The average Bonchev–Trinajstić information content (AvgIpc) is 2.81. The fourth-order valence-corrected chi connectivity index (χ4v) is 5.08. The largest absolute Gasteiger partial charge is 0.493 e. The molecule has 0 N–H and O–H groups in total. The molecular formula is C22H25FN2O6S. The Morgan fingerprint density at radius 1 is 1.00 bits per heavy atom. The number of sulfonamides is 1. The summed E-state index contributed by atoms with van der Waals surface area (Å²) in [7, 11) is -3.69. The molecule has 0 aromatic heterocycles. The van der Waals surface area contributed by atoms with Crippen molar-refractivity contribution in [2.45, 2.75) is 17.7 Å². The van der Waals surface area contributed by atoms with E-state index in [-0.39, 0.29) is 36.1 Å². The lowest BCUT2D eigenvalue weighted by atomic mass is 10.2. The molecule has 2 aliphatic rings. The number of carbonyl (C=O) groups excluding carboxylic acids is 1. The highest BCUT2D eigenvalue weighted by molar-refractivity contribution is 7.89. The van der Waals surface area contributed by atoms with Crippen molar-refractivity contribution in [3.63, 3.8) is 0 Å². The number of fused-ring (bicyclic) bond motifs is 1. The van der Waals surface area contributed by atoms with Crippen LogP contribution in [0.25, 0.3) is 0 Å². The first kappa shape index (κ1) is 22.3. The summed E-state index contributed by atoms with van der Waals surface area (Å²) >= 11 is 0. The van der Waals surface area contributed by atoms with E-state index >= 15 is 0 Å². The van der Waals surface area contributed by atoms with Gasteiger partial charge in [-0.2, -0.15) is 4.31 Å². The predicted molar refractivity (Wildman–Crippen MR) is 114 cm³/mol. The summed E-state index contributed by atoms with van der Waals surface area (Å²) in [5.41, 5.74) is 0. The lowest BCUT2D eigenvalue weighted by molar-refractivity contribution is -0.132. The van der Waals surface area contributed by atoms with Crippen LogP contribution in [-0.2, 0) is 14.8 Å². The second kappa shape index (κ2) is 9.74. The maximum absolute atomic E-state index is 13.1. The van der Waals surface area contributed by atoms with Gasteiger partial charge in [0.25, 0.3) is 0 Å². The Kier molecular flexibility index (Phi) is 6.80. The van der Waals surface area contributed by atoms with Gasteiger partial charge in [-0.3, -0.25) is 4.79 Å². The number of carbonyl (C=O) groups is 1. The molecule has 0 spiro atoms. The predicted octanol–water partition coefficient (Wildman–Crippen LogP) is 2.29. The fourth-order valence-electron chi connectivity index (χ4n) is 3.64. The van der Waals surface area contributed by atoms with Crippen molar-refractivity contribution in [1.82, 2.24) is 9.21 Å². The van der Waals surface area contributed by atoms with E-state index in [0.29, 0.717) is 56.6 Å². The molecule has 10 heteroatoms. The van der Waals surface area contributed by atoms with E-state index in [1.807, 2.05) is 0 Å². The van der Waals surface area contributed by atoms with Crippen LogP contribution < -0.4 is 14.2 Å². The zero-order chi connectivity index (χ0) is 22.6. The van der Waals surface area contributed by atoms with Crippen molar-refractivity contribution in [2.75, 3.05) is 46.0 Å². The molecule has 0 bridgehead atoms. The molecule has 1 amide bonds. The topological polar surface area (TPSA) is 85.4 Å². The van der Waals surface area contributed by atoms with Crippen molar-refractivity contribution in [3.05, 3.63) is 48.3 Å². The summed E-state index contributed by atoms with van der Waals surface area (Å²) in [6.07, 6.45) is 0.773. The fraction of sp³-hybridized carbons (Fsp3) is 0.409. The van der Waals surface area contributed by atoms with Gasteiger partial charge in [0.05, 0.1) is 11.5 Å². The monoisotopic (exact) mass is 464 g/mol. The van der Waals surface area contributed by atoms with E-state index in [1.54, 1.807) is 23.1 Å². The Hall–Kier alpha value is -2.85. The Bertz CT molecular complexity index is 1070. The third-order valence-corrected chi connectivity index (χ3v) is 7.24.